The van der Waals surface area contributed by atoms with Gasteiger partial charge in [0.25, 0.3) is 0 Å². The maximum absolute atomic E-state index is 12.0. The van der Waals surface area contributed by atoms with E-state index < -0.39 is 0 Å². The first-order chi connectivity index (χ1) is 21.1. The summed E-state index contributed by atoms with van der Waals surface area (Å²) in [6, 6.07) is 36.0. The van der Waals surface area contributed by atoms with Gasteiger partial charge >= 0.3 is 5.97 Å². The highest BCUT2D eigenvalue weighted by Gasteiger charge is 2.14. The predicted octanol–water partition coefficient (Wildman–Crippen LogP) is 7.16. The van der Waals surface area contributed by atoms with Crippen LogP contribution in [0.3, 0.4) is 0 Å². The number of esters is 1. The molecule has 0 spiro atoms. The molecule has 0 aliphatic heterocycles. The van der Waals surface area contributed by atoms with E-state index >= 15 is 0 Å². The lowest BCUT2D eigenvalue weighted by molar-refractivity contribution is -0.143. The van der Waals surface area contributed by atoms with E-state index in [1.165, 1.54) is 0 Å². The summed E-state index contributed by atoms with van der Waals surface area (Å²) in [7, 11) is 0. The summed E-state index contributed by atoms with van der Waals surface area (Å²) in [5, 5.41) is 4.71. The molecule has 0 amide bonds. The summed E-state index contributed by atoms with van der Waals surface area (Å²) in [5.41, 5.74) is 5.17. The van der Waals surface area contributed by atoms with Crippen LogP contribution in [0.2, 0.25) is 0 Å². The van der Waals surface area contributed by atoms with Crippen molar-refractivity contribution >= 4 is 5.97 Å². The Morgan fingerprint density at radius 2 is 1.16 bits per heavy atom. The van der Waals surface area contributed by atoms with Crippen molar-refractivity contribution in [3.05, 3.63) is 143 Å². The maximum Gasteiger partial charge on any atom is 0.306 e. The van der Waals surface area contributed by atoms with Crippen molar-refractivity contribution in [3.8, 4) is 17.4 Å². The first kappa shape index (κ1) is 29.5. The average Bonchev–Trinajstić information content (AvgIpc) is 3.44. The second-order valence-electron chi connectivity index (χ2n) is 10.1. The molecule has 5 rings (SSSR count). The molecule has 0 saturated carbocycles. The Labute approximate surface area is 252 Å². The normalized spacial score (nSPS) is 10.7. The number of hydrogen-bond acceptors (Lipinski definition) is 6. The molecule has 7 heteroatoms. The van der Waals surface area contributed by atoms with Crippen LogP contribution in [0.5, 0.6) is 17.4 Å². The zero-order chi connectivity index (χ0) is 29.7. The number of aryl methyl sites for hydroxylation is 1. The van der Waals surface area contributed by atoms with Gasteiger partial charge in [0.1, 0.15) is 31.3 Å². The number of ether oxygens (including phenoxy) is 4. The van der Waals surface area contributed by atoms with Crippen LogP contribution in [0, 0.1) is 0 Å². The molecule has 0 aliphatic rings. The van der Waals surface area contributed by atoms with Crippen molar-refractivity contribution in [2.75, 3.05) is 6.61 Å². The van der Waals surface area contributed by atoms with E-state index in [0.717, 1.165) is 39.3 Å². The molecule has 0 unspecified atom stereocenters. The average molecular weight is 577 g/mol. The fourth-order valence-electron chi connectivity index (χ4n) is 4.48. The van der Waals surface area contributed by atoms with Gasteiger partial charge in [-0.3, -0.25) is 9.48 Å². The number of nitrogens with zero attached hydrogens (tertiary/aromatic N) is 2. The van der Waals surface area contributed by atoms with Crippen LogP contribution >= 0.6 is 0 Å². The van der Waals surface area contributed by atoms with Crippen molar-refractivity contribution in [1.82, 2.24) is 9.78 Å². The van der Waals surface area contributed by atoms with Gasteiger partial charge in [-0.1, -0.05) is 84.9 Å². The Hall–Kier alpha value is -5.04. The molecular formula is C36H36N2O5. The smallest absolute Gasteiger partial charge is 0.306 e. The van der Waals surface area contributed by atoms with Crippen LogP contribution in [-0.4, -0.2) is 22.4 Å². The van der Waals surface area contributed by atoms with Gasteiger partial charge in [0.2, 0.25) is 5.88 Å². The van der Waals surface area contributed by atoms with Gasteiger partial charge in [0.05, 0.1) is 13.2 Å². The second-order valence-corrected chi connectivity index (χ2v) is 10.1. The quantitative estimate of drug-likeness (QED) is 0.123. The summed E-state index contributed by atoms with van der Waals surface area (Å²) in [6.45, 7) is 4.10. The summed E-state index contributed by atoms with van der Waals surface area (Å²) in [4.78, 5) is 12.0. The van der Waals surface area contributed by atoms with E-state index in [9.17, 15) is 4.79 Å². The van der Waals surface area contributed by atoms with Crippen LogP contribution in [0.4, 0.5) is 0 Å². The summed E-state index contributed by atoms with van der Waals surface area (Å²) < 4.78 is 24.9. The first-order valence-corrected chi connectivity index (χ1v) is 14.5. The van der Waals surface area contributed by atoms with Crippen molar-refractivity contribution in [2.24, 2.45) is 0 Å². The highest BCUT2D eigenvalue weighted by molar-refractivity contribution is 5.69. The summed E-state index contributed by atoms with van der Waals surface area (Å²) in [5.74, 6) is 1.88. The van der Waals surface area contributed by atoms with Crippen molar-refractivity contribution < 1.29 is 23.7 Å². The molecule has 1 heterocycles. The predicted molar refractivity (Wildman–Crippen MR) is 165 cm³/mol. The Balaban J connectivity index is 1.19. The molecular weight excluding hydrogens is 540 g/mol. The SMILES string of the molecule is CCOC(=O)CCc1cn(Cc2ccc(OCc3ccccc3)cc2)nc1OCc1ccc(OCc2ccccc2)cc1. The third kappa shape index (κ3) is 9.23. The Kier molecular flexibility index (Phi) is 10.5. The third-order valence-corrected chi connectivity index (χ3v) is 6.77. The minimum atomic E-state index is -0.238. The monoisotopic (exact) mass is 576 g/mol. The third-order valence-electron chi connectivity index (χ3n) is 6.77. The molecule has 1 aromatic heterocycles. The van der Waals surface area contributed by atoms with E-state index in [0.29, 0.717) is 45.3 Å². The fraction of sp³-hybridized carbons (Fsp3) is 0.222. The zero-order valence-corrected chi connectivity index (χ0v) is 24.4. The number of hydrogen-bond donors (Lipinski definition) is 0. The molecule has 0 atom stereocenters. The molecule has 0 saturated heterocycles. The molecule has 7 nitrogen and oxygen atoms in total. The van der Waals surface area contributed by atoms with Gasteiger partial charge in [0, 0.05) is 18.2 Å². The van der Waals surface area contributed by atoms with Gasteiger partial charge < -0.3 is 18.9 Å². The second kappa shape index (κ2) is 15.3. The molecule has 0 N–H and O–H groups in total. The van der Waals surface area contributed by atoms with Gasteiger partial charge in [0.15, 0.2) is 0 Å². The molecule has 5 aromatic rings. The number of aromatic nitrogens is 2. The fourth-order valence-corrected chi connectivity index (χ4v) is 4.48. The number of benzene rings is 4. The highest BCUT2D eigenvalue weighted by Crippen LogP contribution is 2.22. The summed E-state index contributed by atoms with van der Waals surface area (Å²) in [6.07, 6.45) is 2.68. The zero-order valence-electron chi connectivity index (χ0n) is 24.4. The van der Waals surface area contributed by atoms with E-state index in [1.54, 1.807) is 6.92 Å². The Bertz CT molecular complexity index is 1550. The maximum atomic E-state index is 12.0. The molecule has 0 aliphatic carbocycles. The van der Waals surface area contributed by atoms with Crippen molar-refractivity contribution in [1.29, 1.82) is 0 Å². The molecule has 0 bridgehead atoms. The van der Waals surface area contributed by atoms with Crippen LogP contribution in [-0.2, 0) is 42.3 Å². The van der Waals surface area contributed by atoms with Crippen LogP contribution in [0.25, 0.3) is 0 Å². The Morgan fingerprint density at radius 3 is 1.72 bits per heavy atom. The van der Waals surface area contributed by atoms with Crippen molar-refractivity contribution in [3.63, 3.8) is 0 Å². The van der Waals surface area contributed by atoms with Crippen LogP contribution in [0.15, 0.2) is 115 Å². The minimum absolute atomic E-state index is 0.238. The molecule has 0 radical (unpaired) electrons. The first-order valence-electron chi connectivity index (χ1n) is 14.5. The van der Waals surface area contributed by atoms with Crippen molar-refractivity contribution in [2.45, 2.75) is 46.1 Å². The lowest BCUT2D eigenvalue weighted by Gasteiger charge is -2.09. The minimum Gasteiger partial charge on any atom is -0.489 e. The Morgan fingerprint density at radius 1 is 0.651 bits per heavy atom. The summed E-state index contributed by atoms with van der Waals surface area (Å²) >= 11 is 0. The lowest BCUT2D eigenvalue weighted by Crippen LogP contribution is -2.05. The van der Waals surface area contributed by atoms with Gasteiger partial charge in [-0.25, -0.2) is 0 Å². The van der Waals surface area contributed by atoms with Crippen LogP contribution in [0.1, 0.15) is 41.2 Å². The van der Waals surface area contributed by atoms with E-state index in [1.807, 2.05) is 120 Å². The van der Waals surface area contributed by atoms with E-state index in [2.05, 4.69) is 0 Å². The number of carbonyl (C=O) groups excluding carboxylic acids is 1. The topological polar surface area (TPSA) is 71.8 Å². The van der Waals surface area contributed by atoms with Gasteiger partial charge in [-0.15, -0.1) is 5.10 Å². The largest absolute Gasteiger partial charge is 0.489 e. The number of carbonyl (C=O) groups is 1. The highest BCUT2D eigenvalue weighted by atomic mass is 16.5. The molecule has 4 aromatic carbocycles. The van der Waals surface area contributed by atoms with E-state index in [4.69, 9.17) is 24.0 Å². The molecule has 0 fully saturated rings. The molecule has 43 heavy (non-hydrogen) atoms. The lowest BCUT2D eigenvalue weighted by atomic mass is 10.2. The molecule has 220 valence electrons. The van der Waals surface area contributed by atoms with E-state index in [-0.39, 0.29) is 12.4 Å². The van der Waals surface area contributed by atoms with Crippen LogP contribution < -0.4 is 14.2 Å². The van der Waals surface area contributed by atoms with Gasteiger partial charge in [-0.05, 0) is 59.9 Å². The number of rotatable bonds is 15. The standard InChI is InChI=1S/C36H36N2O5/c1-2-40-35(39)22-17-32-24-38(23-28-13-18-33(19-14-28)41-25-29-9-5-3-6-10-29)37-36(32)43-27-31-15-20-34(21-16-31)42-26-30-11-7-4-8-12-30/h3-16,18-21,24H,2,17,22-23,25-27H2,1H3. The van der Waals surface area contributed by atoms with Gasteiger partial charge in [-0.2, -0.15) is 0 Å².